The molecule has 0 radical (unpaired) electrons. The first-order valence-electron chi connectivity index (χ1n) is 6.00. The molecule has 4 heteroatoms. The van der Waals surface area contributed by atoms with Crippen molar-refractivity contribution < 1.29 is 0 Å². The highest BCUT2D eigenvalue weighted by Gasteiger charge is 2.16. The van der Waals surface area contributed by atoms with Crippen molar-refractivity contribution in [1.29, 1.82) is 0 Å². The minimum Gasteiger partial charge on any atom is -0.324 e. The molecule has 0 fully saturated rings. The third kappa shape index (κ3) is 2.82. The summed E-state index contributed by atoms with van der Waals surface area (Å²) < 4.78 is 1.82. The molecule has 2 N–H and O–H groups in total. The molecule has 1 unspecified atom stereocenters. The normalized spacial score (nSPS) is 14.1. The van der Waals surface area contributed by atoms with E-state index >= 15 is 0 Å². The summed E-state index contributed by atoms with van der Waals surface area (Å²) in [6, 6.07) is 0.0379. The molecule has 0 bridgehead atoms. The quantitative estimate of drug-likeness (QED) is 0.884. The fourth-order valence-electron chi connectivity index (χ4n) is 1.88. The van der Waals surface area contributed by atoms with Gasteiger partial charge in [-0.1, -0.05) is 20.8 Å². The smallest absolute Gasteiger partial charge is 0.0892 e. The van der Waals surface area contributed by atoms with E-state index in [-0.39, 0.29) is 6.04 Å². The number of nitrogens with zero attached hydrogens (tertiary/aromatic N) is 3. The number of aromatic nitrogens is 3. The number of nitrogens with two attached hydrogens (primary N) is 1. The highest BCUT2D eigenvalue weighted by atomic mass is 15.2. The summed E-state index contributed by atoms with van der Waals surface area (Å²) in [6.07, 6.45) is 9.31. The molecule has 2 aromatic rings. The van der Waals surface area contributed by atoms with Crippen LogP contribution in [0.1, 0.15) is 45.2 Å². The van der Waals surface area contributed by atoms with E-state index in [4.69, 9.17) is 5.73 Å². The number of hydrogen-bond donors (Lipinski definition) is 1. The van der Waals surface area contributed by atoms with Crippen molar-refractivity contribution in [2.45, 2.75) is 39.7 Å². The lowest BCUT2D eigenvalue weighted by atomic mass is 9.87. The van der Waals surface area contributed by atoms with Crippen LogP contribution in [0.3, 0.4) is 0 Å². The summed E-state index contributed by atoms with van der Waals surface area (Å²) >= 11 is 0. The van der Waals surface area contributed by atoms with Gasteiger partial charge in [0.1, 0.15) is 0 Å². The zero-order valence-electron chi connectivity index (χ0n) is 10.7. The monoisotopic (exact) mass is 232 g/mol. The van der Waals surface area contributed by atoms with Gasteiger partial charge >= 0.3 is 0 Å². The molecule has 0 saturated carbocycles. The molecular weight excluding hydrogens is 212 g/mol. The molecule has 92 valence electrons. The standard InChI is InChI=1S/C13H20N4/c1-13(2,3)5-4-11(14)10-8-16-17-7-6-15-9-12(10)17/h6-9,11H,4-5,14H2,1-3H3. The minimum atomic E-state index is 0.0379. The van der Waals surface area contributed by atoms with Crippen molar-refractivity contribution in [3.63, 3.8) is 0 Å². The summed E-state index contributed by atoms with van der Waals surface area (Å²) in [5.74, 6) is 0. The molecule has 2 aromatic heterocycles. The van der Waals surface area contributed by atoms with Gasteiger partial charge in [-0.25, -0.2) is 4.52 Å². The van der Waals surface area contributed by atoms with E-state index in [1.54, 1.807) is 6.20 Å². The van der Waals surface area contributed by atoms with Gasteiger partial charge in [0.2, 0.25) is 0 Å². The Bertz CT molecular complexity index is 495. The van der Waals surface area contributed by atoms with Gasteiger partial charge in [-0.05, 0) is 18.3 Å². The molecular formula is C13H20N4. The second-order valence-electron chi connectivity index (χ2n) is 5.71. The highest BCUT2D eigenvalue weighted by molar-refractivity contribution is 5.52. The number of hydrogen-bond acceptors (Lipinski definition) is 3. The number of rotatable bonds is 3. The third-order valence-corrected chi connectivity index (χ3v) is 2.96. The largest absolute Gasteiger partial charge is 0.324 e. The molecule has 4 nitrogen and oxygen atoms in total. The summed E-state index contributed by atoms with van der Waals surface area (Å²) in [5.41, 5.74) is 8.64. The Morgan fingerprint density at radius 3 is 2.82 bits per heavy atom. The van der Waals surface area contributed by atoms with Gasteiger partial charge in [-0.2, -0.15) is 5.10 Å². The zero-order valence-corrected chi connectivity index (χ0v) is 10.7. The molecule has 2 rings (SSSR count). The van der Waals surface area contributed by atoms with Gasteiger partial charge < -0.3 is 5.73 Å². The topological polar surface area (TPSA) is 56.2 Å². The molecule has 0 aromatic carbocycles. The lowest BCUT2D eigenvalue weighted by Gasteiger charge is -2.20. The average molecular weight is 232 g/mol. The highest BCUT2D eigenvalue weighted by Crippen LogP contribution is 2.27. The van der Waals surface area contributed by atoms with Crippen molar-refractivity contribution >= 4 is 5.52 Å². The van der Waals surface area contributed by atoms with Crippen LogP contribution in [-0.2, 0) is 0 Å². The van der Waals surface area contributed by atoms with Crippen LogP contribution in [0.5, 0.6) is 0 Å². The predicted molar refractivity (Wildman–Crippen MR) is 68.6 cm³/mol. The van der Waals surface area contributed by atoms with Crippen LogP contribution in [0.25, 0.3) is 5.52 Å². The Morgan fingerprint density at radius 2 is 2.12 bits per heavy atom. The Labute approximate surface area is 102 Å². The van der Waals surface area contributed by atoms with Gasteiger partial charge in [0, 0.05) is 24.0 Å². The maximum atomic E-state index is 6.23. The molecule has 0 amide bonds. The summed E-state index contributed by atoms with van der Waals surface area (Å²) in [6.45, 7) is 6.70. The molecule has 1 atom stereocenters. The summed E-state index contributed by atoms with van der Waals surface area (Å²) in [7, 11) is 0. The van der Waals surface area contributed by atoms with Crippen LogP contribution in [0.2, 0.25) is 0 Å². The van der Waals surface area contributed by atoms with E-state index in [1.165, 1.54) is 0 Å². The van der Waals surface area contributed by atoms with Crippen LogP contribution in [-0.4, -0.2) is 14.6 Å². The molecule has 0 aliphatic rings. The fourth-order valence-corrected chi connectivity index (χ4v) is 1.88. The maximum Gasteiger partial charge on any atom is 0.0892 e. The first-order chi connectivity index (χ1) is 7.97. The van der Waals surface area contributed by atoms with E-state index in [0.29, 0.717) is 5.41 Å². The predicted octanol–water partition coefficient (Wildman–Crippen LogP) is 2.56. The maximum absolute atomic E-state index is 6.23. The first kappa shape index (κ1) is 12.0. The van der Waals surface area contributed by atoms with Crippen LogP contribution >= 0.6 is 0 Å². The lowest BCUT2D eigenvalue weighted by molar-refractivity contribution is 0.350. The van der Waals surface area contributed by atoms with Gasteiger partial charge in [-0.3, -0.25) is 4.98 Å². The molecule has 17 heavy (non-hydrogen) atoms. The Kier molecular flexibility index (Phi) is 3.15. The minimum absolute atomic E-state index is 0.0379. The third-order valence-electron chi connectivity index (χ3n) is 2.96. The number of fused-ring (bicyclic) bond motifs is 1. The lowest BCUT2D eigenvalue weighted by Crippen LogP contribution is -2.14. The zero-order chi connectivity index (χ0) is 12.5. The van der Waals surface area contributed by atoms with Gasteiger partial charge in [-0.15, -0.1) is 0 Å². The molecule has 0 spiro atoms. The van der Waals surface area contributed by atoms with Gasteiger partial charge in [0.15, 0.2) is 0 Å². The Hall–Kier alpha value is -1.42. The van der Waals surface area contributed by atoms with Crippen molar-refractivity contribution in [2.75, 3.05) is 0 Å². The van der Waals surface area contributed by atoms with E-state index < -0.39 is 0 Å². The Balaban J connectivity index is 2.16. The van der Waals surface area contributed by atoms with E-state index in [2.05, 4.69) is 30.9 Å². The average Bonchev–Trinajstić information content (AvgIpc) is 2.68. The van der Waals surface area contributed by atoms with Crippen molar-refractivity contribution in [3.05, 3.63) is 30.4 Å². The second-order valence-corrected chi connectivity index (χ2v) is 5.71. The molecule has 0 aliphatic carbocycles. The van der Waals surface area contributed by atoms with Crippen LogP contribution in [0.15, 0.2) is 24.8 Å². The van der Waals surface area contributed by atoms with E-state index in [1.807, 2.05) is 23.1 Å². The SMILES string of the molecule is CC(C)(C)CCC(N)c1cnn2ccncc12. The second kappa shape index (κ2) is 4.45. The van der Waals surface area contributed by atoms with Crippen LogP contribution in [0.4, 0.5) is 0 Å². The van der Waals surface area contributed by atoms with Crippen LogP contribution in [0, 0.1) is 5.41 Å². The first-order valence-corrected chi connectivity index (χ1v) is 6.00. The van der Waals surface area contributed by atoms with Crippen molar-refractivity contribution in [1.82, 2.24) is 14.6 Å². The van der Waals surface area contributed by atoms with Crippen LogP contribution < -0.4 is 5.73 Å². The van der Waals surface area contributed by atoms with Crippen molar-refractivity contribution in [2.24, 2.45) is 11.1 Å². The van der Waals surface area contributed by atoms with Crippen molar-refractivity contribution in [3.8, 4) is 0 Å². The molecule has 0 saturated heterocycles. The summed E-state index contributed by atoms with van der Waals surface area (Å²) in [4.78, 5) is 4.12. The molecule has 0 aliphatic heterocycles. The Morgan fingerprint density at radius 1 is 1.35 bits per heavy atom. The van der Waals surface area contributed by atoms with Gasteiger partial charge in [0.25, 0.3) is 0 Å². The molecule has 2 heterocycles. The fraction of sp³-hybridized carbons (Fsp3) is 0.538. The van der Waals surface area contributed by atoms with Gasteiger partial charge in [0.05, 0.1) is 17.9 Å². The van der Waals surface area contributed by atoms with E-state index in [0.717, 1.165) is 23.9 Å². The van der Waals surface area contributed by atoms with E-state index in [9.17, 15) is 0 Å². The summed E-state index contributed by atoms with van der Waals surface area (Å²) in [5, 5.41) is 4.28.